The highest BCUT2D eigenvalue weighted by Crippen LogP contribution is 2.15. The van der Waals surface area contributed by atoms with E-state index in [0.717, 1.165) is 0 Å². The van der Waals surface area contributed by atoms with Crippen molar-refractivity contribution >= 4 is 0 Å². The molecule has 0 radical (unpaired) electrons. The van der Waals surface area contributed by atoms with Gasteiger partial charge >= 0.3 is 0 Å². The molecule has 0 atom stereocenters. The lowest BCUT2D eigenvalue weighted by molar-refractivity contribution is 0.497. The summed E-state index contributed by atoms with van der Waals surface area (Å²) < 4.78 is 10.0. The average molecular weight is 165 g/mol. The molecule has 0 aliphatic rings. The van der Waals surface area contributed by atoms with Gasteiger partial charge in [0.25, 0.3) is 0 Å². The van der Waals surface area contributed by atoms with Crippen LogP contribution in [0.25, 0.3) is 11.6 Å². The summed E-state index contributed by atoms with van der Waals surface area (Å²) in [6.07, 6.45) is 4.49. The Balaban J connectivity index is 2.35. The van der Waals surface area contributed by atoms with Crippen molar-refractivity contribution in [3.63, 3.8) is 0 Å². The normalized spacial score (nSPS) is 10.4. The molecule has 0 bridgehead atoms. The lowest BCUT2D eigenvalue weighted by Crippen LogP contribution is -1.95. The molecule has 12 heavy (non-hydrogen) atoms. The van der Waals surface area contributed by atoms with Gasteiger partial charge in [0.2, 0.25) is 11.8 Å². The van der Waals surface area contributed by atoms with Crippen LogP contribution in [-0.2, 0) is 6.54 Å². The molecule has 2 aromatic heterocycles. The van der Waals surface area contributed by atoms with Gasteiger partial charge in [-0.2, -0.15) is 0 Å². The van der Waals surface area contributed by atoms with Crippen LogP contribution in [-0.4, -0.2) is 9.97 Å². The SMILES string of the molecule is NCc1nc(-c2ncco2)co1. The van der Waals surface area contributed by atoms with Gasteiger partial charge in [-0.1, -0.05) is 0 Å². The molecule has 0 saturated carbocycles. The topological polar surface area (TPSA) is 78.1 Å². The Kier molecular flexibility index (Phi) is 1.64. The summed E-state index contributed by atoms with van der Waals surface area (Å²) in [5.41, 5.74) is 5.88. The van der Waals surface area contributed by atoms with Crippen molar-refractivity contribution < 1.29 is 8.83 Å². The molecule has 5 nitrogen and oxygen atoms in total. The standard InChI is InChI=1S/C7H7N3O2/c8-3-6-10-5(4-12-6)7-9-1-2-11-7/h1-2,4H,3,8H2. The summed E-state index contributed by atoms with van der Waals surface area (Å²) in [4.78, 5) is 7.93. The zero-order valence-corrected chi connectivity index (χ0v) is 6.23. The van der Waals surface area contributed by atoms with Gasteiger partial charge in [0.1, 0.15) is 12.5 Å². The van der Waals surface area contributed by atoms with Crippen molar-refractivity contribution in [1.82, 2.24) is 9.97 Å². The summed E-state index contributed by atoms with van der Waals surface area (Å²) in [5.74, 6) is 0.918. The quantitative estimate of drug-likeness (QED) is 0.711. The Morgan fingerprint density at radius 1 is 1.42 bits per heavy atom. The first kappa shape index (κ1) is 7.05. The first-order valence-electron chi connectivity index (χ1n) is 3.44. The maximum atomic E-state index is 5.31. The molecule has 0 spiro atoms. The average Bonchev–Trinajstić information content (AvgIpc) is 2.75. The number of hydrogen-bond donors (Lipinski definition) is 1. The van der Waals surface area contributed by atoms with Crippen molar-refractivity contribution in [3.05, 3.63) is 24.6 Å². The number of aromatic nitrogens is 2. The van der Waals surface area contributed by atoms with Crippen molar-refractivity contribution in [2.24, 2.45) is 5.73 Å². The van der Waals surface area contributed by atoms with E-state index in [9.17, 15) is 0 Å². The fraction of sp³-hybridized carbons (Fsp3) is 0.143. The van der Waals surface area contributed by atoms with E-state index in [-0.39, 0.29) is 6.54 Å². The molecule has 62 valence electrons. The highest BCUT2D eigenvalue weighted by Gasteiger charge is 2.07. The van der Waals surface area contributed by atoms with E-state index < -0.39 is 0 Å². The summed E-state index contributed by atoms with van der Waals surface area (Å²) in [5, 5.41) is 0. The Morgan fingerprint density at radius 3 is 2.92 bits per heavy atom. The summed E-state index contributed by atoms with van der Waals surface area (Å²) in [7, 11) is 0. The fourth-order valence-electron chi connectivity index (χ4n) is 0.853. The summed E-state index contributed by atoms with van der Waals surface area (Å²) >= 11 is 0. The van der Waals surface area contributed by atoms with Gasteiger partial charge in [0.15, 0.2) is 5.69 Å². The van der Waals surface area contributed by atoms with Crippen LogP contribution in [0.4, 0.5) is 0 Å². The van der Waals surface area contributed by atoms with Crippen LogP contribution >= 0.6 is 0 Å². The van der Waals surface area contributed by atoms with Crippen LogP contribution < -0.4 is 5.73 Å². The molecule has 0 saturated heterocycles. The Morgan fingerprint density at radius 2 is 2.33 bits per heavy atom. The molecule has 2 aromatic rings. The van der Waals surface area contributed by atoms with E-state index in [2.05, 4.69) is 9.97 Å². The van der Waals surface area contributed by atoms with Crippen molar-refractivity contribution in [2.75, 3.05) is 0 Å². The Hall–Kier alpha value is -1.62. The molecule has 0 aliphatic carbocycles. The van der Waals surface area contributed by atoms with Gasteiger partial charge in [0, 0.05) is 0 Å². The summed E-state index contributed by atoms with van der Waals surface area (Å²) in [6.45, 7) is 0.278. The molecular weight excluding hydrogens is 158 g/mol. The third kappa shape index (κ3) is 1.10. The first-order chi connectivity index (χ1) is 5.90. The zero-order chi connectivity index (χ0) is 8.39. The molecule has 0 fully saturated rings. The molecule has 5 heteroatoms. The van der Waals surface area contributed by atoms with Crippen molar-refractivity contribution in [1.29, 1.82) is 0 Å². The summed E-state index contributed by atoms with van der Waals surface area (Å²) in [6, 6.07) is 0. The monoisotopic (exact) mass is 165 g/mol. The minimum Gasteiger partial charge on any atom is -0.447 e. The number of nitrogens with two attached hydrogens (primary N) is 1. The molecule has 0 aliphatic heterocycles. The highest BCUT2D eigenvalue weighted by atomic mass is 16.4. The van der Waals surface area contributed by atoms with Crippen molar-refractivity contribution in [3.8, 4) is 11.6 Å². The number of nitrogens with zero attached hydrogens (tertiary/aromatic N) is 2. The van der Waals surface area contributed by atoms with E-state index >= 15 is 0 Å². The molecule has 0 amide bonds. The van der Waals surface area contributed by atoms with Gasteiger partial charge in [-0.25, -0.2) is 9.97 Å². The van der Waals surface area contributed by atoms with Gasteiger partial charge in [-0.15, -0.1) is 0 Å². The van der Waals surface area contributed by atoms with Gasteiger partial charge in [-0.05, 0) is 0 Å². The second kappa shape index (κ2) is 2.78. The lowest BCUT2D eigenvalue weighted by atomic mass is 10.5. The molecule has 2 N–H and O–H groups in total. The fourth-order valence-corrected chi connectivity index (χ4v) is 0.853. The molecule has 2 rings (SSSR count). The van der Waals surface area contributed by atoms with Crippen LogP contribution in [0.5, 0.6) is 0 Å². The smallest absolute Gasteiger partial charge is 0.248 e. The second-order valence-corrected chi connectivity index (χ2v) is 2.17. The largest absolute Gasteiger partial charge is 0.447 e. The minimum atomic E-state index is 0.278. The predicted molar refractivity (Wildman–Crippen MR) is 39.9 cm³/mol. The van der Waals surface area contributed by atoms with Gasteiger partial charge in [0.05, 0.1) is 12.7 Å². The van der Waals surface area contributed by atoms with E-state index in [1.807, 2.05) is 0 Å². The minimum absolute atomic E-state index is 0.278. The molecule has 0 unspecified atom stereocenters. The molecule has 2 heterocycles. The van der Waals surface area contributed by atoms with Crippen LogP contribution in [0.15, 0.2) is 27.6 Å². The first-order valence-corrected chi connectivity index (χ1v) is 3.44. The maximum Gasteiger partial charge on any atom is 0.248 e. The van der Waals surface area contributed by atoms with Gasteiger partial charge in [-0.3, -0.25) is 0 Å². The van der Waals surface area contributed by atoms with Crippen LogP contribution in [0, 0.1) is 0 Å². The third-order valence-corrected chi connectivity index (χ3v) is 1.38. The second-order valence-electron chi connectivity index (χ2n) is 2.17. The van der Waals surface area contributed by atoms with Gasteiger partial charge < -0.3 is 14.6 Å². The van der Waals surface area contributed by atoms with Crippen LogP contribution in [0.3, 0.4) is 0 Å². The van der Waals surface area contributed by atoms with Crippen molar-refractivity contribution in [2.45, 2.75) is 6.54 Å². The maximum absolute atomic E-state index is 5.31. The zero-order valence-electron chi connectivity index (χ0n) is 6.23. The predicted octanol–water partition coefficient (Wildman–Crippen LogP) is 0.788. The number of hydrogen-bond acceptors (Lipinski definition) is 5. The lowest BCUT2D eigenvalue weighted by Gasteiger charge is -1.83. The van der Waals surface area contributed by atoms with Crippen LogP contribution in [0.2, 0.25) is 0 Å². The van der Waals surface area contributed by atoms with E-state index in [1.165, 1.54) is 12.5 Å². The third-order valence-electron chi connectivity index (χ3n) is 1.38. The Labute approximate surface area is 68.2 Å². The molecule has 0 aromatic carbocycles. The number of rotatable bonds is 2. The number of oxazole rings is 2. The van der Waals surface area contributed by atoms with E-state index in [4.69, 9.17) is 14.6 Å². The Bertz CT molecular complexity index is 352. The highest BCUT2D eigenvalue weighted by molar-refractivity contribution is 5.43. The molecular formula is C7H7N3O2. The van der Waals surface area contributed by atoms with Crippen LogP contribution in [0.1, 0.15) is 5.89 Å². The van der Waals surface area contributed by atoms with E-state index in [0.29, 0.717) is 17.5 Å². The van der Waals surface area contributed by atoms with E-state index in [1.54, 1.807) is 6.20 Å².